The van der Waals surface area contributed by atoms with Gasteiger partial charge in [-0.25, -0.2) is 0 Å². The van der Waals surface area contributed by atoms with Gasteiger partial charge in [-0.3, -0.25) is 10.1 Å². The summed E-state index contributed by atoms with van der Waals surface area (Å²) in [6, 6.07) is 13.9. The molecular formula is C15H13N5O3. The second-order valence-corrected chi connectivity index (χ2v) is 4.76. The van der Waals surface area contributed by atoms with Gasteiger partial charge < -0.3 is 4.74 Å². The van der Waals surface area contributed by atoms with Gasteiger partial charge in [0.05, 0.1) is 18.6 Å². The number of methoxy groups -OCH3 is 1. The van der Waals surface area contributed by atoms with Crippen LogP contribution in [0.4, 0.5) is 5.69 Å². The van der Waals surface area contributed by atoms with Gasteiger partial charge >= 0.3 is 0 Å². The van der Waals surface area contributed by atoms with Gasteiger partial charge in [0, 0.05) is 23.3 Å². The minimum Gasteiger partial charge on any atom is -0.496 e. The molecule has 1 aromatic heterocycles. The van der Waals surface area contributed by atoms with Crippen LogP contribution < -0.4 is 4.74 Å². The van der Waals surface area contributed by atoms with Crippen LogP contribution in [-0.2, 0) is 6.54 Å². The smallest absolute Gasteiger partial charge is 0.270 e. The van der Waals surface area contributed by atoms with E-state index in [1.165, 1.54) is 24.0 Å². The molecule has 1 heterocycles. The summed E-state index contributed by atoms with van der Waals surface area (Å²) in [7, 11) is 1.51. The molecule has 3 aromatic rings. The number of non-ortho nitro benzene ring substituents is 1. The molecule has 2 aromatic carbocycles. The van der Waals surface area contributed by atoms with Crippen molar-refractivity contribution in [2.45, 2.75) is 6.54 Å². The molecule has 8 heteroatoms. The molecule has 0 fully saturated rings. The highest BCUT2D eigenvalue weighted by molar-refractivity contribution is 5.53. The SMILES string of the molecule is COc1ccc([N+](=O)[O-])cc1Cn1nnc(-c2ccccc2)n1. The van der Waals surface area contributed by atoms with Crippen molar-refractivity contribution < 1.29 is 9.66 Å². The first-order valence-electron chi connectivity index (χ1n) is 6.82. The maximum absolute atomic E-state index is 10.9. The number of benzene rings is 2. The number of nitro benzene ring substituents is 1. The van der Waals surface area contributed by atoms with Gasteiger partial charge in [0.25, 0.3) is 5.69 Å². The van der Waals surface area contributed by atoms with Gasteiger partial charge in [-0.1, -0.05) is 30.3 Å². The number of ether oxygens (including phenoxy) is 1. The Balaban J connectivity index is 1.89. The molecule has 0 bridgehead atoms. The van der Waals surface area contributed by atoms with Gasteiger partial charge in [-0.15, -0.1) is 10.2 Å². The van der Waals surface area contributed by atoms with Crippen molar-refractivity contribution in [2.24, 2.45) is 0 Å². The van der Waals surface area contributed by atoms with E-state index in [1.54, 1.807) is 6.07 Å². The minimum absolute atomic E-state index is 0.0100. The first kappa shape index (κ1) is 14.6. The summed E-state index contributed by atoms with van der Waals surface area (Å²) in [5.74, 6) is 1.03. The van der Waals surface area contributed by atoms with Crippen molar-refractivity contribution in [3.63, 3.8) is 0 Å². The van der Waals surface area contributed by atoms with Crippen molar-refractivity contribution in [1.82, 2.24) is 20.2 Å². The average Bonchev–Trinajstić information content (AvgIpc) is 3.04. The van der Waals surface area contributed by atoms with Gasteiger partial charge in [-0.05, 0) is 11.3 Å². The first-order valence-corrected chi connectivity index (χ1v) is 6.82. The van der Waals surface area contributed by atoms with E-state index in [2.05, 4.69) is 15.4 Å². The Morgan fingerprint density at radius 3 is 2.70 bits per heavy atom. The number of rotatable bonds is 5. The van der Waals surface area contributed by atoms with Crippen LogP contribution >= 0.6 is 0 Å². The van der Waals surface area contributed by atoms with E-state index in [0.717, 1.165) is 5.56 Å². The number of tetrazole rings is 1. The topological polar surface area (TPSA) is 96.0 Å². The fourth-order valence-corrected chi connectivity index (χ4v) is 2.17. The van der Waals surface area contributed by atoms with Gasteiger partial charge in [0.1, 0.15) is 5.75 Å². The van der Waals surface area contributed by atoms with Crippen LogP contribution in [-0.4, -0.2) is 32.2 Å². The molecule has 0 atom stereocenters. The summed E-state index contributed by atoms with van der Waals surface area (Å²) in [4.78, 5) is 11.8. The zero-order chi connectivity index (χ0) is 16.2. The van der Waals surface area contributed by atoms with E-state index in [0.29, 0.717) is 17.1 Å². The predicted molar refractivity (Wildman–Crippen MR) is 82.0 cm³/mol. The highest BCUT2D eigenvalue weighted by Crippen LogP contribution is 2.24. The van der Waals surface area contributed by atoms with E-state index >= 15 is 0 Å². The molecule has 0 spiro atoms. The molecule has 0 radical (unpaired) electrons. The normalized spacial score (nSPS) is 10.5. The molecule has 0 amide bonds. The van der Waals surface area contributed by atoms with Crippen molar-refractivity contribution in [3.05, 3.63) is 64.2 Å². The number of hydrogen-bond acceptors (Lipinski definition) is 6. The summed E-state index contributed by atoms with van der Waals surface area (Å²) in [5.41, 5.74) is 1.45. The highest BCUT2D eigenvalue weighted by Gasteiger charge is 2.13. The fourth-order valence-electron chi connectivity index (χ4n) is 2.17. The Kier molecular flexibility index (Phi) is 3.96. The van der Waals surface area contributed by atoms with Gasteiger partial charge in [0.2, 0.25) is 5.82 Å². The number of nitro groups is 1. The van der Waals surface area contributed by atoms with Crippen molar-refractivity contribution in [3.8, 4) is 17.1 Å². The van der Waals surface area contributed by atoms with Gasteiger partial charge in [0.15, 0.2) is 0 Å². The Morgan fingerprint density at radius 1 is 1.22 bits per heavy atom. The lowest BCUT2D eigenvalue weighted by Crippen LogP contribution is -2.06. The second-order valence-electron chi connectivity index (χ2n) is 4.76. The highest BCUT2D eigenvalue weighted by atomic mass is 16.6. The van der Waals surface area contributed by atoms with Crippen LogP contribution in [0.25, 0.3) is 11.4 Å². The monoisotopic (exact) mass is 311 g/mol. The molecule has 0 aliphatic carbocycles. The average molecular weight is 311 g/mol. The maximum atomic E-state index is 10.9. The number of hydrogen-bond donors (Lipinski definition) is 0. The summed E-state index contributed by atoms with van der Waals surface area (Å²) in [6.07, 6.45) is 0. The van der Waals surface area contributed by atoms with Crippen LogP contribution in [0.1, 0.15) is 5.56 Å². The van der Waals surface area contributed by atoms with Crippen LogP contribution in [0.2, 0.25) is 0 Å². The standard InChI is InChI=1S/C15H13N5O3/c1-23-14-8-7-13(20(21)22)9-12(14)10-19-17-15(16-18-19)11-5-3-2-4-6-11/h2-9H,10H2,1H3. The van der Waals surface area contributed by atoms with E-state index in [4.69, 9.17) is 4.74 Å². The van der Waals surface area contributed by atoms with Crippen LogP contribution in [0.5, 0.6) is 5.75 Å². The molecule has 116 valence electrons. The zero-order valence-corrected chi connectivity index (χ0v) is 12.3. The minimum atomic E-state index is -0.451. The molecule has 0 saturated carbocycles. The molecule has 0 N–H and O–H groups in total. The maximum Gasteiger partial charge on any atom is 0.270 e. The van der Waals surface area contributed by atoms with Crippen LogP contribution in [0, 0.1) is 10.1 Å². The Bertz CT molecular complexity index is 832. The molecule has 23 heavy (non-hydrogen) atoms. The van der Waals surface area contributed by atoms with Crippen molar-refractivity contribution in [1.29, 1.82) is 0 Å². The second kappa shape index (κ2) is 6.22. The lowest BCUT2D eigenvalue weighted by Gasteiger charge is -2.07. The Hall–Kier alpha value is -3.29. The molecular weight excluding hydrogens is 298 g/mol. The van der Waals surface area contributed by atoms with E-state index in [9.17, 15) is 10.1 Å². The zero-order valence-electron chi connectivity index (χ0n) is 12.3. The summed E-state index contributed by atoms with van der Waals surface area (Å²) < 4.78 is 5.23. The molecule has 8 nitrogen and oxygen atoms in total. The molecule has 0 aliphatic heterocycles. The Labute approximate surface area is 131 Å². The number of aromatic nitrogens is 4. The van der Waals surface area contributed by atoms with Crippen molar-refractivity contribution >= 4 is 5.69 Å². The third-order valence-corrected chi connectivity index (χ3v) is 3.27. The van der Waals surface area contributed by atoms with E-state index in [-0.39, 0.29) is 12.2 Å². The molecule has 0 aliphatic rings. The lowest BCUT2D eigenvalue weighted by molar-refractivity contribution is -0.384. The first-order chi connectivity index (χ1) is 11.2. The molecule has 0 unspecified atom stereocenters. The third-order valence-electron chi connectivity index (χ3n) is 3.27. The van der Waals surface area contributed by atoms with Gasteiger partial charge in [-0.2, -0.15) is 4.80 Å². The van der Waals surface area contributed by atoms with E-state index in [1.807, 2.05) is 30.3 Å². The number of nitrogens with zero attached hydrogens (tertiary/aromatic N) is 5. The predicted octanol–water partition coefficient (Wildman–Crippen LogP) is 2.31. The van der Waals surface area contributed by atoms with Crippen molar-refractivity contribution in [2.75, 3.05) is 7.11 Å². The quantitative estimate of drug-likeness (QED) is 0.530. The summed E-state index contributed by atoms with van der Waals surface area (Å²) >= 11 is 0. The lowest BCUT2D eigenvalue weighted by atomic mass is 10.2. The Morgan fingerprint density at radius 2 is 2.00 bits per heavy atom. The van der Waals surface area contributed by atoms with E-state index < -0.39 is 4.92 Å². The molecule has 3 rings (SSSR count). The molecule has 0 saturated heterocycles. The third kappa shape index (κ3) is 3.15. The summed E-state index contributed by atoms with van der Waals surface area (Å²) in [6.45, 7) is 0.227. The fraction of sp³-hybridized carbons (Fsp3) is 0.133. The van der Waals surface area contributed by atoms with Crippen LogP contribution in [0.3, 0.4) is 0 Å². The largest absolute Gasteiger partial charge is 0.496 e. The summed E-state index contributed by atoms with van der Waals surface area (Å²) in [5, 5.41) is 23.2. The van der Waals surface area contributed by atoms with Crippen LogP contribution in [0.15, 0.2) is 48.5 Å².